The summed E-state index contributed by atoms with van der Waals surface area (Å²) in [5.41, 5.74) is 1.35. The molecule has 1 fully saturated rings. The zero-order valence-electron chi connectivity index (χ0n) is 10.1. The van der Waals surface area contributed by atoms with Crippen LogP contribution < -0.4 is 4.74 Å². The van der Waals surface area contributed by atoms with Crippen LogP contribution in [-0.4, -0.2) is 12.8 Å². The SMILES string of the molecule is CCOC(=O)Oc1ccc(C2CCCC2)cc1. The highest BCUT2D eigenvalue weighted by molar-refractivity contribution is 5.63. The Morgan fingerprint density at radius 2 is 1.88 bits per heavy atom. The first-order valence-electron chi connectivity index (χ1n) is 6.24. The van der Waals surface area contributed by atoms with E-state index in [-0.39, 0.29) is 0 Å². The molecule has 1 aliphatic rings. The minimum Gasteiger partial charge on any atom is -0.434 e. The van der Waals surface area contributed by atoms with Crippen molar-refractivity contribution in [2.24, 2.45) is 0 Å². The van der Waals surface area contributed by atoms with E-state index in [0.717, 1.165) is 0 Å². The molecule has 0 spiro atoms. The molecule has 0 atom stereocenters. The molecule has 0 radical (unpaired) electrons. The van der Waals surface area contributed by atoms with Crippen LogP contribution in [0.5, 0.6) is 5.75 Å². The third-order valence-corrected chi connectivity index (χ3v) is 3.17. The first-order chi connectivity index (χ1) is 8.29. The molecular formula is C14H18O3. The summed E-state index contributed by atoms with van der Waals surface area (Å²) in [5.74, 6) is 1.23. The molecule has 1 aliphatic carbocycles. The standard InChI is InChI=1S/C14H18O3/c1-2-16-14(15)17-13-9-7-12(8-10-13)11-5-3-4-6-11/h7-11H,2-6H2,1H3. The molecular weight excluding hydrogens is 216 g/mol. The van der Waals surface area contributed by atoms with Gasteiger partial charge in [-0.3, -0.25) is 0 Å². The van der Waals surface area contributed by atoms with Gasteiger partial charge in [-0.1, -0.05) is 25.0 Å². The number of rotatable bonds is 3. The molecule has 0 heterocycles. The minimum atomic E-state index is -0.638. The second kappa shape index (κ2) is 5.71. The van der Waals surface area contributed by atoms with Crippen molar-refractivity contribution in [1.82, 2.24) is 0 Å². The molecule has 3 heteroatoms. The Morgan fingerprint density at radius 1 is 1.24 bits per heavy atom. The molecule has 0 amide bonds. The van der Waals surface area contributed by atoms with Crippen molar-refractivity contribution in [1.29, 1.82) is 0 Å². The highest BCUT2D eigenvalue weighted by Crippen LogP contribution is 2.34. The predicted molar refractivity (Wildman–Crippen MR) is 65.3 cm³/mol. The molecule has 0 unspecified atom stereocenters. The maximum absolute atomic E-state index is 11.1. The molecule has 92 valence electrons. The van der Waals surface area contributed by atoms with E-state index >= 15 is 0 Å². The second-order valence-electron chi connectivity index (χ2n) is 4.34. The average molecular weight is 234 g/mol. The van der Waals surface area contributed by atoms with Crippen molar-refractivity contribution >= 4 is 6.16 Å². The van der Waals surface area contributed by atoms with E-state index in [1.54, 1.807) is 6.92 Å². The second-order valence-corrected chi connectivity index (χ2v) is 4.34. The third kappa shape index (κ3) is 3.22. The maximum atomic E-state index is 11.1. The fourth-order valence-electron chi connectivity index (χ4n) is 2.31. The van der Waals surface area contributed by atoms with Crippen LogP contribution in [0.4, 0.5) is 4.79 Å². The van der Waals surface area contributed by atoms with Gasteiger partial charge in [0.15, 0.2) is 0 Å². The number of ether oxygens (including phenoxy) is 2. The van der Waals surface area contributed by atoms with Crippen LogP contribution in [0.25, 0.3) is 0 Å². The lowest BCUT2D eigenvalue weighted by molar-refractivity contribution is 0.104. The van der Waals surface area contributed by atoms with Crippen molar-refractivity contribution in [3.05, 3.63) is 29.8 Å². The van der Waals surface area contributed by atoms with Gasteiger partial charge in [0.05, 0.1) is 6.61 Å². The Labute approximate surface area is 102 Å². The van der Waals surface area contributed by atoms with E-state index < -0.39 is 6.16 Å². The topological polar surface area (TPSA) is 35.5 Å². The minimum absolute atomic E-state index is 0.332. The van der Waals surface area contributed by atoms with Gasteiger partial charge in [-0.25, -0.2) is 4.79 Å². The van der Waals surface area contributed by atoms with Crippen molar-refractivity contribution in [3.63, 3.8) is 0 Å². The van der Waals surface area contributed by atoms with Crippen LogP contribution in [-0.2, 0) is 4.74 Å². The maximum Gasteiger partial charge on any atom is 0.513 e. The summed E-state index contributed by atoms with van der Waals surface area (Å²) < 4.78 is 9.73. The Kier molecular flexibility index (Phi) is 4.02. The van der Waals surface area contributed by atoms with Gasteiger partial charge in [0.25, 0.3) is 0 Å². The Bertz CT molecular complexity index is 364. The molecule has 0 saturated heterocycles. The van der Waals surface area contributed by atoms with Crippen LogP contribution in [0.3, 0.4) is 0 Å². The van der Waals surface area contributed by atoms with Gasteiger partial charge in [-0.2, -0.15) is 0 Å². The van der Waals surface area contributed by atoms with Gasteiger partial charge < -0.3 is 9.47 Å². The largest absolute Gasteiger partial charge is 0.513 e. The summed E-state index contributed by atoms with van der Waals surface area (Å²) >= 11 is 0. The molecule has 1 saturated carbocycles. The van der Waals surface area contributed by atoms with E-state index in [4.69, 9.17) is 9.47 Å². The van der Waals surface area contributed by atoms with Gasteiger partial charge in [-0.15, -0.1) is 0 Å². The predicted octanol–water partition coefficient (Wildman–Crippen LogP) is 3.88. The molecule has 0 aliphatic heterocycles. The lowest BCUT2D eigenvalue weighted by Gasteiger charge is -2.10. The van der Waals surface area contributed by atoms with Crippen LogP contribution in [0.1, 0.15) is 44.1 Å². The lowest BCUT2D eigenvalue weighted by Crippen LogP contribution is -2.09. The Hall–Kier alpha value is -1.51. The summed E-state index contributed by atoms with van der Waals surface area (Å²) in [6.45, 7) is 2.09. The summed E-state index contributed by atoms with van der Waals surface area (Å²) in [5, 5.41) is 0. The van der Waals surface area contributed by atoms with E-state index in [0.29, 0.717) is 18.3 Å². The molecule has 1 aromatic rings. The fourth-order valence-corrected chi connectivity index (χ4v) is 2.31. The van der Waals surface area contributed by atoms with Gasteiger partial charge >= 0.3 is 6.16 Å². The number of hydrogen-bond donors (Lipinski definition) is 0. The smallest absolute Gasteiger partial charge is 0.434 e. The third-order valence-electron chi connectivity index (χ3n) is 3.17. The van der Waals surface area contributed by atoms with Crippen molar-refractivity contribution in [2.45, 2.75) is 38.5 Å². The summed E-state index contributed by atoms with van der Waals surface area (Å²) in [7, 11) is 0. The van der Waals surface area contributed by atoms with E-state index in [2.05, 4.69) is 0 Å². The number of carbonyl (C=O) groups is 1. The number of benzene rings is 1. The van der Waals surface area contributed by atoms with Crippen molar-refractivity contribution in [2.75, 3.05) is 6.61 Å². The normalized spacial score (nSPS) is 15.8. The van der Waals surface area contributed by atoms with E-state index in [1.165, 1.54) is 31.2 Å². The highest BCUT2D eigenvalue weighted by Gasteiger charge is 2.16. The fraction of sp³-hybridized carbons (Fsp3) is 0.500. The molecule has 0 bridgehead atoms. The summed E-state index contributed by atoms with van der Waals surface area (Å²) in [6, 6.07) is 7.77. The highest BCUT2D eigenvalue weighted by atomic mass is 16.7. The zero-order valence-corrected chi connectivity index (χ0v) is 10.1. The first-order valence-corrected chi connectivity index (χ1v) is 6.24. The first kappa shape index (κ1) is 12.0. The molecule has 17 heavy (non-hydrogen) atoms. The van der Waals surface area contributed by atoms with E-state index in [1.807, 2.05) is 24.3 Å². The molecule has 0 N–H and O–H groups in total. The molecule has 1 aromatic carbocycles. The van der Waals surface area contributed by atoms with E-state index in [9.17, 15) is 4.79 Å². The van der Waals surface area contributed by atoms with Crippen LogP contribution >= 0.6 is 0 Å². The van der Waals surface area contributed by atoms with Gasteiger partial charge in [0.1, 0.15) is 5.75 Å². The van der Waals surface area contributed by atoms with Crippen LogP contribution in [0.2, 0.25) is 0 Å². The summed E-state index contributed by atoms with van der Waals surface area (Å²) in [6.07, 6.45) is 4.56. The molecule has 3 nitrogen and oxygen atoms in total. The van der Waals surface area contributed by atoms with Crippen molar-refractivity contribution in [3.8, 4) is 5.75 Å². The van der Waals surface area contributed by atoms with Crippen molar-refractivity contribution < 1.29 is 14.3 Å². The quantitative estimate of drug-likeness (QED) is 0.588. The zero-order chi connectivity index (χ0) is 12.1. The number of carbonyl (C=O) groups excluding carboxylic acids is 1. The summed E-state index contributed by atoms with van der Waals surface area (Å²) in [4.78, 5) is 11.1. The van der Waals surface area contributed by atoms with Crippen LogP contribution in [0, 0.1) is 0 Å². The monoisotopic (exact) mass is 234 g/mol. The Balaban J connectivity index is 1.95. The number of hydrogen-bond acceptors (Lipinski definition) is 3. The van der Waals surface area contributed by atoms with Crippen LogP contribution in [0.15, 0.2) is 24.3 Å². The molecule has 2 rings (SSSR count). The van der Waals surface area contributed by atoms with Gasteiger partial charge in [-0.05, 0) is 43.4 Å². The lowest BCUT2D eigenvalue weighted by atomic mass is 9.98. The van der Waals surface area contributed by atoms with Gasteiger partial charge in [0, 0.05) is 0 Å². The Morgan fingerprint density at radius 3 is 2.47 bits per heavy atom. The molecule has 0 aromatic heterocycles. The average Bonchev–Trinajstić information content (AvgIpc) is 2.84. The van der Waals surface area contributed by atoms with Gasteiger partial charge in [0.2, 0.25) is 0 Å².